The lowest BCUT2D eigenvalue weighted by atomic mass is 10.2. The van der Waals surface area contributed by atoms with E-state index >= 15 is 0 Å². The molecule has 1 aliphatic rings. The molecule has 3 nitrogen and oxygen atoms in total. The molecule has 0 amide bonds. The fourth-order valence-electron chi connectivity index (χ4n) is 1.80. The first kappa shape index (κ1) is 12.3. The topological polar surface area (TPSA) is 41.6 Å². The standard InChI is InChI=1S/C12H9BrClN3S/c13-8-9(6-3-4-6)16-11(17-12(8)18)10-7(14)2-1-5-15-10/h1-2,5-6H,3-4H2,(H,16,17,18). The molecule has 0 aromatic carbocycles. The third kappa shape index (κ3) is 2.22. The van der Waals surface area contributed by atoms with Gasteiger partial charge in [0.1, 0.15) is 10.3 Å². The Kier molecular flexibility index (Phi) is 3.21. The molecule has 1 aliphatic carbocycles. The van der Waals surface area contributed by atoms with Gasteiger partial charge in [-0.1, -0.05) is 23.8 Å². The first-order valence-corrected chi connectivity index (χ1v) is 7.15. The van der Waals surface area contributed by atoms with Gasteiger partial charge in [-0.25, -0.2) is 4.98 Å². The fraction of sp³-hybridized carbons (Fsp3) is 0.250. The zero-order chi connectivity index (χ0) is 12.7. The number of halogens is 2. The van der Waals surface area contributed by atoms with Crippen molar-refractivity contribution < 1.29 is 0 Å². The molecular weight excluding hydrogens is 334 g/mol. The van der Waals surface area contributed by atoms with E-state index in [-0.39, 0.29) is 0 Å². The molecule has 0 unspecified atom stereocenters. The van der Waals surface area contributed by atoms with E-state index in [4.69, 9.17) is 23.8 Å². The van der Waals surface area contributed by atoms with Crippen LogP contribution in [0.5, 0.6) is 0 Å². The van der Waals surface area contributed by atoms with Crippen molar-refractivity contribution in [3.05, 3.63) is 38.2 Å². The lowest BCUT2D eigenvalue weighted by molar-refractivity contribution is 0.967. The van der Waals surface area contributed by atoms with E-state index in [1.165, 1.54) is 12.8 Å². The number of aromatic nitrogens is 3. The summed E-state index contributed by atoms with van der Waals surface area (Å²) >= 11 is 14.9. The number of hydrogen-bond acceptors (Lipinski definition) is 3. The van der Waals surface area contributed by atoms with Gasteiger partial charge in [0, 0.05) is 17.8 Å². The summed E-state index contributed by atoms with van der Waals surface area (Å²) in [6.45, 7) is 0. The van der Waals surface area contributed by atoms with E-state index in [2.05, 4.69) is 30.9 Å². The molecule has 2 aromatic rings. The maximum absolute atomic E-state index is 6.13. The highest BCUT2D eigenvalue weighted by atomic mass is 79.9. The Morgan fingerprint density at radius 3 is 2.89 bits per heavy atom. The molecule has 1 fully saturated rings. The van der Waals surface area contributed by atoms with Crippen molar-refractivity contribution in [1.82, 2.24) is 15.0 Å². The molecule has 3 rings (SSSR count). The van der Waals surface area contributed by atoms with Gasteiger partial charge < -0.3 is 4.98 Å². The van der Waals surface area contributed by atoms with E-state index < -0.39 is 0 Å². The van der Waals surface area contributed by atoms with Crippen molar-refractivity contribution in [2.75, 3.05) is 0 Å². The summed E-state index contributed by atoms with van der Waals surface area (Å²) in [4.78, 5) is 11.9. The van der Waals surface area contributed by atoms with E-state index in [0.717, 1.165) is 10.2 Å². The molecule has 0 bridgehead atoms. The van der Waals surface area contributed by atoms with Gasteiger partial charge in [-0.2, -0.15) is 0 Å². The van der Waals surface area contributed by atoms with E-state index in [9.17, 15) is 0 Å². The smallest absolute Gasteiger partial charge is 0.159 e. The number of aromatic amines is 1. The Morgan fingerprint density at radius 2 is 2.22 bits per heavy atom. The van der Waals surface area contributed by atoms with Gasteiger partial charge in [-0.15, -0.1) is 0 Å². The second-order valence-corrected chi connectivity index (χ2v) is 5.81. The number of H-pyrrole nitrogens is 1. The quantitative estimate of drug-likeness (QED) is 0.817. The maximum Gasteiger partial charge on any atom is 0.159 e. The largest absolute Gasteiger partial charge is 0.340 e. The normalized spacial score (nSPS) is 14.8. The van der Waals surface area contributed by atoms with Gasteiger partial charge in [-0.05, 0) is 40.9 Å². The average Bonchev–Trinajstić information content (AvgIpc) is 3.17. The number of pyridine rings is 1. The molecule has 0 spiro atoms. The predicted molar refractivity (Wildman–Crippen MR) is 77.3 cm³/mol. The Labute approximate surface area is 123 Å². The molecule has 0 aliphatic heterocycles. The van der Waals surface area contributed by atoms with Crippen LogP contribution >= 0.6 is 39.7 Å². The lowest BCUT2D eigenvalue weighted by Crippen LogP contribution is -1.99. The van der Waals surface area contributed by atoms with Crippen molar-refractivity contribution >= 4 is 39.7 Å². The molecule has 6 heteroatoms. The molecule has 18 heavy (non-hydrogen) atoms. The predicted octanol–water partition coefficient (Wildman–Crippen LogP) is 4.49. The van der Waals surface area contributed by atoms with E-state index in [0.29, 0.717) is 27.1 Å². The van der Waals surface area contributed by atoms with Crippen LogP contribution in [0.15, 0.2) is 22.8 Å². The van der Waals surface area contributed by atoms with Crippen LogP contribution in [0.25, 0.3) is 11.5 Å². The van der Waals surface area contributed by atoms with E-state index in [1.54, 1.807) is 18.3 Å². The van der Waals surface area contributed by atoms with Crippen molar-refractivity contribution in [3.63, 3.8) is 0 Å². The zero-order valence-corrected chi connectivity index (χ0v) is 12.4. The number of hydrogen-bond donors (Lipinski definition) is 1. The minimum Gasteiger partial charge on any atom is -0.340 e. The van der Waals surface area contributed by atoms with E-state index in [1.807, 2.05) is 0 Å². The van der Waals surface area contributed by atoms with Gasteiger partial charge in [-0.3, -0.25) is 4.98 Å². The van der Waals surface area contributed by atoms with Gasteiger partial charge in [0.05, 0.1) is 9.50 Å². The van der Waals surface area contributed by atoms with Crippen molar-refractivity contribution in [2.24, 2.45) is 0 Å². The number of nitrogens with one attached hydrogen (secondary N) is 1. The highest BCUT2D eigenvalue weighted by Gasteiger charge is 2.28. The maximum atomic E-state index is 6.13. The monoisotopic (exact) mass is 341 g/mol. The second-order valence-electron chi connectivity index (χ2n) is 4.23. The van der Waals surface area contributed by atoms with Crippen LogP contribution in [0.1, 0.15) is 24.5 Å². The highest BCUT2D eigenvalue weighted by molar-refractivity contribution is 9.10. The molecule has 1 saturated carbocycles. The highest BCUT2D eigenvalue weighted by Crippen LogP contribution is 2.42. The Bertz CT molecular complexity index is 667. The molecule has 1 N–H and O–H groups in total. The molecule has 0 saturated heterocycles. The first-order valence-electron chi connectivity index (χ1n) is 5.57. The molecule has 92 valence electrons. The van der Waals surface area contributed by atoms with Crippen LogP contribution in [0.3, 0.4) is 0 Å². The molecular formula is C12H9BrClN3S. The molecule has 0 radical (unpaired) electrons. The molecule has 2 aromatic heterocycles. The average molecular weight is 343 g/mol. The Morgan fingerprint density at radius 1 is 1.44 bits per heavy atom. The van der Waals surface area contributed by atoms with Crippen molar-refractivity contribution in [3.8, 4) is 11.5 Å². The Hall–Kier alpha value is -0.780. The van der Waals surface area contributed by atoms with Crippen LogP contribution in [0, 0.1) is 4.64 Å². The van der Waals surface area contributed by atoms with Gasteiger partial charge >= 0.3 is 0 Å². The summed E-state index contributed by atoms with van der Waals surface area (Å²) in [6.07, 6.45) is 4.06. The van der Waals surface area contributed by atoms with Crippen LogP contribution < -0.4 is 0 Å². The summed E-state index contributed by atoms with van der Waals surface area (Å²) in [6, 6.07) is 3.59. The second kappa shape index (κ2) is 4.72. The zero-order valence-electron chi connectivity index (χ0n) is 9.28. The fourth-order valence-corrected chi connectivity index (χ4v) is 2.73. The van der Waals surface area contributed by atoms with Crippen LogP contribution in [-0.4, -0.2) is 15.0 Å². The minimum atomic E-state index is 0.547. The van der Waals surface area contributed by atoms with Crippen LogP contribution in [0.4, 0.5) is 0 Å². The lowest BCUT2D eigenvalue weighted by Gasteiger charge is -2.08. The summed E-state index contributed by atoms with van der Waals surface area (Å²) in [5.74, 6) is 1.18. The third-order valence-corrected chi connectivity index (χ3v) is 4.52. The minimum absolute atomic E-state index is 0.547. The summed E-state index contributed by atoms with van der Waals surface area (Å²) < 4.78 is 1.43. The van der Waals surface area contributed by atoms with Gasteiger partial charge in [0.15, 0.2) is 5.82 Å². The number of nitrogens with zero attached hydrogens (tertiary/aromatic N) is 2. The first-order chi connectivity index (χ1) is 8.66. The van der Waals surface area contributed by atoms with Crippen molar-refractivity contribution in [2.45, 2.75) is 18.8 Å². The van der Waals surface area contributed by atoms with Gasteiger partial charge in [0.2, 0.25) is 0 Å². The van der Waals surface area contributed by atoms with Crippen LogP contribution in [-0.2, 0) is 0 Å². The van der Waals surface area contributed by atoms with Crippen LogP contribution in [0.2, 0.25) is 5.02 Å². The third-order valence-electron chi connectivity index (χ3n) is 2.86. The SMILES string of the molecule is S=c1nc(-c2ncccc2Cl)[nH]c(C2CC2)c1Br. The summed E-state index contributed by atoms with van der Waals surface area (Å²) in [5.41, 5.74) is 1.74. The summed E-state index contributed by atoms with van der Waals surface area (Å²) in [5, 5.41) is 0.569. The Balaban J connectivity index is 2.19. The van der Waals surface area contributed by atoms with Crippen molar-refractivity contribution in [1.29, 1.82) is 0 Å². The summed E-state index contributed by atoms with van der Waals surface area (Å²) in [7, 11) is 0. The molecule has 2 heterocycles. The van der Waals surface area contributed by atoms with Gasteiger partial charge in [0.25, 0.3) is 0 Å². The molecule has 0 atom stereocenters. The number of rotatable bonds is 2.